The minimum absolute atomic E-state index is 0.235. The molecular weight excluding hydrogens is 378 g/mol. The van der Waals surface area contributed by atoms with Crippen molar-refractivity contribution in [3.63, 3.8) is 0 Å². The number of methoxy groups -OCH3 is 1. The fourth-order valence-electron chi connectivity index (χ4n) is 2.81. The Morgan fingerprint density at radius 2 is 2.07 bits per heavy atom. The highest BCUT2D eigenvalue weighted by molar-refractivity contribution is 7.21. The Morgan fingerprint density at radius 1 is 1.22 bits per heavy atom. The van der Waals surface area contributed by atoms with Crippen LogP contribution in [-0.4, -0.2) is 18.0 Å². The summed E-state index contributed by atoms with van der Waals surface area (Å²) < 4.78 is 5.20. The van der Waals surface area contributed by atoms with E-state index in [1.54, 1.807) is 18.4 Å². The van der Waals surface area contributed by atoms with Crippen molar-refractivity contribution < 1.29 is 9.53 Å². The molecule has 0 aliphatic rings. The Bertz CT molecular complexity index is 1130. The van der Waals surface area contributed by atoms with E-state index in [0.717, 1.165) is 37.8 Å². The van der Waals surface area contributed by atoms with Gasteiger partial charge in [-0.15, -0.1) is 22.7 Å². The SMILES string of the molecule is COc1ccc(NC(=O)c2sc3nc(-c4cccs4)ccc3c2N)c(C)c1. The summed E-state index contributed by atoms with van der Waals surface area (Å²) in [7, 11) is 1.61. The number of pyridine rings is 1. The highest BCUT2D eigenvalue weighted by Crippen LogP contribution is 2.35. The number of hydrogen-bond acceptors (Lipinski definition) is 6. The van der Waals surface area contributed by atoms with Gasteiger partial charge in [0.15, 0.2) is 0 Å². The van der Waals surface area contributed by atoms with Crippen LogP contribution in [0.1, 0.15) is 15.2 Å². The smallest absolute Gasteiger partial charge is 0.267 e. The monoisotopic (exact) mass is 395 g/mol. The average Bonchev–Trinajstić information content (AvgIpc) is 3.31. The first-order chi connectivity index (χ1) is 13.1. The first-order valence-corrected chi connectivity index (χ1v) is 9.95. The number of carbonyl (C=O) groups excluding carboxylic acids is 1. The lowest BCUT2D eigenvalue weighted by Crippen LogP contribution is -2.12. The Kier molecular flexibility index (Phi) is 4.55. The van der Waals surface area contributed by atoms with E-state index in [1.807, 2.05) is 54.8 Å². The fourth-order valence-corrected chi connectivity index (χ4v) is 4.49. The number of nitrogens with zero attached hydrogens (tertiary/aromatic N) is 1. The van der Waals surface area contributed by atoms with Crippen LogP contribution in [-0.2, 0) is 0 Å². The van der Waals surface area contributed by atoms with Crippen LogP contribution in [0.15, 0.2) is 47.8 Å². The molecule has 0 bridgehead atoms. The summed E-state index contributed by atoms with van der Waals surface area (Å²) in [6, 6.07) is 13.4. The van der Waals surface area contributed by atoms with Crippen LogP contribution in [0.5, 0.6) is 5.75 Å². The molecule has 1 aromatic carbocycles. The second-order valence-electron chi connectivity index (χ2n) is 6.01. The molecule has 136 valence electrons. The van der Waals surface area contributed by atoms with E-state index in [1.165, 1.54) is 11.3 Å². The number of thiophene rings is 2. The molecule has 0 atom stereocenters. The third kappa shape index (κ3) is 3.27. The second kappa shape index (κ2) is 7.02. The van der Waals surface area contributed by atoms with Gasteiger partial charge in [-0.05, 0) is 54.3 Å². The van der Waals surface area contributed by atoms with Crippen LogP contribution in [0, 0.1) is 6.92 Å². The quantitative estimate of drug-likeness (QED) is 0.499. The number of benzene rings is 1. The molecule has 0 aliphatic heterocycles. The summed E-state index contributed by atoms with van der Waals surface area (Å²) in [5, 5.41) is 5.75. The number of nitrogens with one attached hydrogen (secondary N) is 1. The van der Waals surface area contributed by atoms with E-state index in [0.29, 0.717) is 10.6 Å². The van der Waals surface area contributed by atoms with Gasteiger partial charge in [0.25, 0.3) is 5.91 Å². The van der Waals surface area contributed by atoms with Crippen molar-refractivity contribution >= 4 is 50.2 Å². The average molecular weight is 396 g/mol. The second-order valence-corrected chi connectivity index (χ2v) is 7.95. The molecule has 0 fully saturated rings. The van der Waals surface area contributed by atoms with Gasteiger partial charge in [0.2, 0.25) is 0 Å². The molecule has 4 rings (SSSR count). The number of amides is 1. The highest BCUT2D eigenvalue weighted by atomic mass is 32.1. The summed E-state index contributed by atoms with van der Waals surface area (Å²) in [6.07, 6.45) is 0. The number of hydrogen-bond donors (Lipinski definition) is 2. The van der Waals surface area contributed by atoms with Gasteiger partial charge in [-0.25, -0.2) is 4.98 Å². The number of carbonyl (C=O) groups is 1. The van der Waals surface area contributed by atoms with Crippen LogP contribution in [0.3, 0.4) is 0 Å². The molecule has 1 amide bonds. The molecule has 5 nitrogen and oxygen atoms in total. The zero-order valence-corrected chi connectivity index (χ0v) is 16.4. The normalized spacial score (nSPS) is 10.9. The predicted octanol–water partition coefficient (Wildman–Crippen LogP) is 5.18. The van der Waals surface area contributed by atoms with Gasteiger partial charge in [0.05, 0.1) is 23.4 Å². The van der Waals surface area contributed by atoms with Crippen LogP contribution in [0.2, 0.25) is 0 Å². The van der Waals surface area contributed by atoms with Crippen molar-refractivity contribution in [1.29, 1.82) is 0 Å². The fraction of sp³-hybridized carbons (Fsp3) is 0.100. The third-order valence-corrected chi connectivity index (χ3v) is 6.26. The summed E-state index contributed by atoms with van der Waals surface area (Å²) in [5.41, 5.74) is 9.23. The molecule has 4 aromatic rings. The van der Waals surface area contributed by atoms with E-state index in [9.17, 15) is 4.79 Å². The predicted molar refractivity (Wildman–Crippen MR) is 113 cm³/mol. The summed E-state index contributed by atoms with van der Waals surface area (Å²) in [4.78, 5) is 19.8. The molecule has 0 saturated carbocycles. The minimum Gasteiger partial charge on any atom is -0.497 e. The zero-order valence-electron chi connectivity index (χ0n) is 14.8. The molecule has 0 spiro atoms. The van der Waals surface area contributed by atoms with Gasteiger partial charge in [0, 0.05) is 11.1 Å². The maximum Gasteiger partial charge on any atom is 0.267 e. The number of fused-ring (bicyclic) bond motifs is 1. The number of ether oxygens (including phenoxy) is 1. The van der Waals surface area contributed by atoms with Gasteiger partial charge in [0.1, 0.15) is 15.5 Å². The van der Waals surface area contributed by atoms with Crippen molar-refractivity contribution in [2.75, 3.05) is 18.2 Å². The van der Waals surface area contributed by atoms with Gasteiger partial charge in [-0.1, -0.05) is 6.07 Å². The Morgan fingerprint density at radius 3 is 2.78 bits per heavy atom. The lowest BCUT2D eigenvalue weighted by molar-refractivity contribution is 0.103. The molecule has 0 radical (unpaired) electrons. The van der Waals surface area contributed by atoms with Gasteiger partial charge >= 0.3 is 0 Å². The van der Waals surface area contributed by atoms with E-state index < -0.39 is 0 Å². The van der Waals surface area contributed by atoms with Gasteiger partial charge in [-0.2, -0.15) is 0 Å². The summed E-state index contributed by atoms with van der Waals surface area (Å²) in [5.74, 6) is 0.513. The lowest BCUT2D eigenvalue weighted by atomic mass is 10.2. The van der Waals surface area contributed by atoms with E-state index in [-0.39, 0.29) is 5.91 Å². The Hall–Kier alpha value is -2.90. The molecule has 3 N–H and O–H groups in total. The van der Waals surface area contributed by atoms with Crippen LogP contribution >= 0.6 is 22.7 Å². The number of aryl methyl sites for hydroxylation is 1. The zero-order chi connectivity index (χ0) is 19.0. The van der Waals surface area contributed by atoms with Gasteiger partial charge < -0.3 is 15.8 Å². The van der Waals surface area contributed by atoms with E-state index in [4.69, 9.17) is 10.5 Å². The number of nitrogens with two attached hydrogens (primary N) is 1. The number of anilines is 2. The molecule has 27 heavy (non-hydrogen) atoms. The highest BCUT2D eigenvalue weighted by Gasteiger charge is 2.18. The maximum absolute atomic E-state index is 12.8. The summed E-state index contributed by atoms with van der Waals surface area (Å²) >= 11 is 2.94. The third-order valence-electron chi connectivity index (χ3n) is 4.26. The van der Waals surface area contributed by atoms with Gasteiger partial charge in [-0.3, -0.25) is 4.79 Å². The van der Waals surface area contributed by atoms with Crippen molar-refractivity contribution in [2.45, 2.75) is 6.92 Å². The van der Waals surface area contributed by atoms with Crippen LogP contribution in [0.25, 0.3) is 20.8 Å². The molecule has 0 saturated heterocycles. The maximum atomic E-state index is 12.8. The largest absolute Gasteiger partial charge is 0.497 e. The first-order valence-electron chi connectivity index (χ1n) is 8.25. The molecule has 0 aliphatic carbocycles. The topological polar surface area (TPSA) is 77.2 Å². The van der Waals surface area contributed by atoms with Crippen LogP contribution in [0.4, 0.5) is 11.4 Å². The Balaban J connectivity index is 1.66. The van der Waals surface area contributed by atoms with Crippen LogP contribution < -0.4 is 15.8 Å². The lowest BCUT2D eigenvalue weighted by Gasteiger charge is -2.09. The number of aromatic nitrogens is 1. The molecule has 3 aromatic heterocycles. The van der Waals surface area contributed by atoms with Crippen molar-refractivity contribution in [2.24, 2.45) is 0 Å². The molecule has 3 heterocycles. The molecule has 7 heteroatoms. The van der Waals surface area contributed by atoms with Crippen molar-refractivity contribution in [3.8, 4) is 16.3 Å². The molecule has 0 unspecified atom stereocenters. The number of rotatable bonds is 4. The van der Waals surface area contributed by atoms with Crippen molar-refractivity contribution in [1.82, 2.24) is 4.98 Å². The number of nitrogen functional groups attached to an aromatic ring is 1. The standard InChI is InChI=1S/C20H17N3O2S2/c1-11-10-12(25-2)5-7-14(11)22-19(24)18-17(21)13-6-8-15(23-20(13)27-18)16-4-3-9-26-16/h3-10H,21H2,1-2H3,(H,22,24). The minimum atomic E-state index is -0.235. The van der Waals surface area contributed by atoms with E-state index in [2.05, 4.69) is 10.3 Å². The molecular formula is C20H17N3O2S2. The van der Waals surface area contributed by atoms with E-state index >= 15 is 0 Å². The summed E-state index contributed by atoms with van der Waals surface area (Å²) in [6.45, 7) is 1.92. The van der Waals surface area contributed by atoms with Crippen molar-refractivity contribution in [3.05, 3.63) is 58.3 Å². The Labute approximate surface area is 164 Å². The first kappa shape index (κ1) is 17.5.